The zero-order valence-corrected chi connectivity index (χ0v) is 13.3. The predicted molar refractivity (Wildman–Crippen MR) is 85.8 cm³/mol. The van der Waals surface area contributed by atoms with Crippen molar-refractivity contribution in [2.75, 3.05) is 11.9 Å². The summed E-state index contributed by atoms with van der Waals surface area (Å²) in [5.41, 5.74) is 6.42. The van der Waals surface area contributed by atoms with Crippen molar-refractivity contribution in [2.24, 2.45) is 5.73 Å². The Labute approximate surface area is 127 Å². The Hall–Kier alpha value is -1.11. The van der Waals surface area contributed by atoms with E-state index in [-0.39, 0.29) is 12.1 Å². The standard InChI is InChI=1S/C15H25N3O2S/c1-2-3-6-13(11-16)17-14-7-4-5-8-15(14)21(19,20)18-12-9-10-12/h4-5,7-8,12-13,17-18H,2-3,6,9-11,16H2,1H3. The first-order valence-electron chi connectivity index (χ1n) is 7.64. The molecule has 4 N–H and O–H groups in total. The number of benzene rings is 1. The van der Waals surface area contributed by atoms with Gasteiger partial charge in [0.1, 0.15) is 4.90 Å². The molecule has 0 spiro atoms. The Bertz CT molecular complexity index is 556. The lowest BCUT2D eigenvalue weighted by Crippen LogP contribution is -2.31. The van der Waals surface area contributed by atoms with Gasteiger partial charge in [0.2, 0.25) is 10.0 Å². The molecule has 1 aromatic rings. The third-order valence-electron chi connectivity index (χ3n) is 3.63. The lowest BCUT2D eigenvalue weighted by molar-refractivity contribution is 0.580. The molecule has 0 bridgehead atoms. The number of rotatable bonds is 9. The van der Waals surface area contributed by atoms with Crippen LogP contribution in [0.1, 0.15) is 39.0 Å². The van der Waals surface area contributed by atoms with Crippen LogP contribution in [0.15, 0.2) is 29.2 Å². The first-order chi connectivity index (χ1) is 10.1. The Morgan fingerprint density at radius 3 is 2.67 bits per heavy atom. The quantitative estimate of drug-likeness (QED) is 0.652. The van der Waals surface area contributed by atoms with Crippen LogP contribution in [0, 0.1) is 0 Å². The number of para-hydroxylation sites is 1. The maximum Gasteiger partial charge on any atom is 0.242 e. The topological polar surface area (TPSA) is 84.2 Å². The van der Waals surface area contributed by atoms with Crippen molar-refractivity contribution in [3.05, 3.63) is 24.3 Å². The molecule has 1 aliphatic carbocycles. The van der Waals surface area contributed by atoms with Gasteiger partial charge >= 0.3 is 0 Å². The minimum absolute atomic E-state index is 0.0993. The first-order valence-corrected chi connectivity index (χ1v) is 9.13. The molecule has 0 saturated heterocycles. The summed E-state index contributed by atoms with van der Waals surface area (Å²) in [6.07, 6.45) is 4.97. The molecule has 1 unspecified atom stereocenters. The lowest BCUT2D eigenvalue weighted by Gasteiger charge is -2.20. The fourth-order valence-corrected chi connectivity index (χ4v) is 3.70. The summed E-state index contributed by atoms with van der Waals surface area (Å²) < 4.78 is 27.5. The number of hydrogen-bond donors (Lipinski definition) is 3. The number of nitrogens with one attached hydrogen (secondary N) is 2. The largest absolute Gasteiger partial charge is 0.380 e. The van der Waals surface area contributed by atoms with Crippen LogP contribution in [0.3, 0.4) is 0 Å². The van der Waals surface area contributed by atoms with Gasteiger partial charge in [-0.2, -0.15) is 0 Å². The fraction of sp³-hybridized carbons (Fsp3) is 0.600. The van der Waals surface area contributed by atoms with E-state index in [1.807, 2.05) is 6.07 Å². The van der Waals surface area contributed by atoms with Crippen molar-refractivity contribution in [3.8, 4) is 0 Å². The van der Waals surface area contributed by atoms with Crippen molar-refractivity contribution in [1.82, 2.24) is 4.72 Å². The molecule has 1 fully saturated rings. The van der Waals surface area contributed by atoms with E-state index < -0.39 is 10.0 Å². The third-order valence-corrected chi connectivity index (χ3v) is 5.20. The minimum Gasteiger partial charge on any atom is -0.380 e. The van der Waals surface area contributed by atoms with Crippen molar-refractivity contribution in [1.29, 1.82) is 0 Å². The molecule has 0 amide bonds. The lowest BCUT2D eigenvalue weighted by atomic mass is 10.1. The summed E-state index contributed by atoms with van der Waals surface area (Å²) in [6, 6.07) is 7.23. The molecule has 118 valence electrons. The molecule has 0 heterocycles. The molecule has 1 aliphatic rings. The Morgan fingerprint density at radius 1 is 1.33 bits per heavy atom. The van der Waals surface area contributed by atoms with Crippen molar-refractivity contribution < 1.29 is 8.42 Å². The van der Waals surface area contributed by atoms with E-state index in [2.05, 4.69) is 17.0 Å². The molecular formula is C15H25N3O2S. The summed E-state index contributed by atoms with van der Waals surface area (Å²) in [4.78, 5) is 0.312. The van der Waals surface area contributed by atoms with Crippen LogP contribution >= 0.6 is 0 Å². The van der Waals surface area contributed by atoms with E-state index in [1.165, 1.54) is 0 Å². The predicted octanol–water partition coefficient (Wildman–Crippen LogP) is 2.06. The van der Waals surface area contributed by atoms with Crippen molar-refractivity contribution in [2.45, 2.75) is 56.0 Å². The second kappa shape index (κ2) is 7.24. The van der Waals surface area contributed by atoms with Gasteiger partial charge in [-0.1, -0.05) is 31.9 Å². The van der Waals surface area contributed by atoms with E-state index in [9.17, 15) is 8.42 Å². The van der Waals surface area contributed by atoms with Gasteiger partial charge in [-0.25, -0.2) is 13.1 Å². The minimum atomic E-state index is -3.46. The zero-order valence-electron chi connectivity index (χ0n) is 12.5. The van der Waals surface area contributed by atoms with Crippen molar-refractivity contribution in [3.63, 3.8) is 0 Å². The number of unbranched alkanes of at least 4 members (excludes halogenated alkanes) is 1. The highest BCUT2D eigenvalue weighted by molar-refractivity contribution is 7.89. The van der Waals surface area contributed by atoms with Gasteiger partial charge in [-0.15, -0.1) is 0 Å². The highest BCUT2D eigenvalue weighted by atomic mass is 32.2. The zero-order chi connectivity index (χ0) is 15.3. The van der Waals surface area contributed by atoms with E-state index in [0.29, 0.717) is 17.1 Å². The molecular weight excluding hydrogens is 286 g/mol. The molecule has 0 aliphatic heterocycles. The molecule has 1 saturated carbocycles. The van der Waals surface area contributed by atoms with Crippen molar-refractivity contribution >= 4 is 15.7 Å². The summed E-state index contributed by atoms with van der Waals surface area (Å²) in [7, 11) is -3.46. The van der Waals surface area contributed by atoms with E-state index in [1.54, 1.807) is 18.2 Å². The van der Waals surface area contributed by atoms with Gasteiger partial charge in [0.15, 0.2) is 0 Å². The number of nitrogens with two attached hydrogens (primary N) is 1. The SMILES string of the molecule is CCCCC(CN)Nc1ccccc1S(=O)(=O)NC1CC1. The average molecular weight is 311 g/mol. The Balaban J connectivity index is 2.15. The summed E-state index contributed by atoms with van der Waals surface area (Å²) in [6.45, 7) is 2.62. The highest BCUT2D eigenvalue weighted by Gasteiger charge is 2.29. The van der Waals surface area contributed by atoms with Gasteiger partial charge < -0.3 is 11.1 Å². The Morgan fingerprint density at radius 2 is 2.05 bits per heavy atom. The highest BCUT2D eigenvalue weighted by Crippen LogP contribution is 2.26. The molecule has 6 heteroatoms. The molecule has 0 radical (unpaired) electrons. The van der Waals surface area contributed by atoms with Gasteiger partial charge in [-0.3, -0.25) is 0 Å². The van der Waals surface area contributed by atoms with E-state index >= 15 is 0 Å². The van der Waals surface area contributed by atoms with Gasteiger partial charge in [-0.05, 0) is 31.4 Å². The average Bonchev–Trinajstić information content (AvgIpc) is 3.27. The molecule has 5 nitrogen and oxygen atoms in total. The molecule has 0 aromatic heterocycles. The summed E-state index contributed by atoms with van der Waals surface area (Å²) in [5.74, 6) is 0. The molecule has 1 atom stereocenters. The maximum atomic E-state index is 12.4. The number of sulfonamides is 1. The van der Waals surface area contributed by atoms with Crippen LogP contribution in [0.25, 0.3) is 0 Å². The summed E-state index contributed by atoms with van der Waals surface area (Å²) in [5, 5.41) is 3.29. The maximum absolute atomic E-state index is 12.4. The van der Waals surface area contributed by atoms with Gasteiger partial charge in [0, 0.05) is 18.6 Å². The normalized spacial score (nSPS) is 16.7. The van der Waals surface area contributed by atoms with Gasteiger partial charge in [0.25, 0.3) is 0 Å². The van der Waals surface area contributed by atoms with Crippen LogP contribution in [0.2, 0.25) is 0 Å². The third kappa shape index (κ3) is 4.69. The van der Waals surface area contributed by atoms with Crippen LogP contribution in [0.5, 0.6) is 0 Å². The van der Waals surface area contributed by atoms with Gasteiger partial charge in [0.05, 0.1) is 5.69 Å². The summed E-state index contributed by atoms with van der Waals surface area (Å²) >= 11 is 0. The van der Waals surface area contributed by atoms with E-state index in [4.69, 9.17) is 5.73 Å². The van der Waals surface area contributed by atoms with Crippen LogP contribution in [-0.2, 0) is 10.0 Å². The Kier molecular flexibility index (Phi) is 5.61. The second-order valence-corrected chi connectivity index (χ2v) is 7.29. The number of anilines is 1. The molecule has 2 rings (SSSR count). The van der Waals surface area contributed by atoms with Crippen LogP contribution in [-0.4, -0.2) is 27.0 Å². The second-order valence-electron chi connectivity index (χ2n) is 5.61. The molecule has 21 heavy (non-hydrogen) atoms. The monoisotopic (exact) mass is 311 g/mol. The number of hydrogen-bond acceptors (Lipinski definition) is 4. The molecule has 1 aromatic carbocycles. The van der Waals surface area contributed by atoms with Crippen LogP contribution in [0.4, 0.5) is 5.69 Å². The first kappa shape index (κ1) is 16.3. The fourth-order valence-electron chi connectivity index (χ4n) is 2.22. The van der Waals surface area contributed by atoms with E-state index in [0.717, 1.165) is 32.1 Å². The van der Waals surface area contributed by atoms with Crippen LogP contribution < -0.4 is 15.8 Å². The smallest absolute Gasteiger partial charge is 0.242 e.